The summed E-state index contributed by atoms with van der Waals surface area (Å²) in [6, 6.07) is 2.95. The predicted molar refractivity (Wildman–Crippen MR) is 96.3 cm³/mol. The molecular formula is C20H36N2O2. The van der Waals surface area contributed by atoms with Crippen LogP contribution in [0.15, 0.2) is 0 Å². The highest BCUT2D eigenvalue weighted by Crippen LogP contribution is 2.40. The summed E-state index contributed by atoms with van der Waals surface area (Å²) in [7, 11) is 4.18. The minimum Gasteiger partial charge on any atom is -0.381 e. The number of nitrogens with zero attached hydrogens (tertiary/aromatic N) is 2. The first kappa shape index (κ1) is 17.3. The highest BCUT2D eigenvalue weighted by Gasteiger charge is 2.45. The van der Waals surface area contributed by atoms with E-state index in [4.69, 9.17) is 9.47 Å². The molecule has 0 amide bonds. The summed E-state index contributed by atoms with van der Waals surface area (Å²) in [4.78, 5) is 5.35. The molecule has 6 atom stereocenters. The van der Waals surface area contributed by atoms with Gasteiger partial charge in [-0.05, 0) is 72.3 Å². The van der Waals surface area contributed by atoms with Crippen molar-refractivity contribution in [3.63, 3.8) is 0 Å². The van der Waals surface area contributed by atoms with Crippen LogP contribution in [0.1, 0.15) is 65.2 Å². The van der Waals surface area contributed by atoms with E-state index in [0.29, 0.717) is 24.3 Å². The minimum absolute atomic E-state index is 0.0409. The van der Waals surface area contributed by atoms with Gasteiger partial charge in [0.15, 0.2) is 0 Å². The second-order valence-corrected chi connectivity index (χ2v) is 9.41. The van der Waals surface area contributed by atoms with Crippen LogP contribution >= 0.6 is 0 Å². The second-order valence-electron chi connectivity index (χ2n) is 9.41. The molecule has 4 nitrogen and oxygen atoms in total. The standard InChI is InChI=1S/C20H36N2O2/c1-20(2,24-19-9-14-5-6-15(10-19)21(14)3)13-22-16-7-8-17(22)12-18(11-16)23-4/h14-19H,5-13H2,1-4H3/t14-,15+,16-,17+,18?,19?. The third-order valence-corrected chi connectivity index (χ3v) is 7.28. The fourth-order valence-electron chi connectivity index (χ4n) is 6.06. The smallest absolute Gasteiger partial charge is 0.0756 e. The van der Waals surface area contributed by atoms with Crippen molar-refractivity contribution in [3.05, 3.63) is 0 Å². The Kier molecular flexibility index (Phi) is 4.70. The average molecular weight is 337 g/mol. The number of piperidine rings is 2. The van der Waals surface area contributed by atoms with Gasteiger partial charge in [0.25, 0.3) is 0 Å². The summed E-state index contributed by atoms with van der Waals surface area (Å²) in [5, 5.41) is 0. The van der Waals surface area contributed by atoms with E-state index in [0.717, 1.165) is 18.6 Å². The molecule has 4 bridgehead atoms. The van der Waals surface area contributed by atoms with Crippen molar-refractivity contribution in [2.75, 3.05) is 20.7 Å². The van der Waals surface area contributed by atoms with Gasteiger partial charge in [-0.15, -0.1) is 0 Å². The zero-order valence-electron chi connectivity index (χ0n) is 16.0. The van der Waals surface area contributed by atoms with Gasteiger partial charge in [0, 0.05) is 37.8 Å². The molecule has 138 valence electrons. The first-order valence-electron chi connectivity index (χ1n) is 10.1. The average Bonchev–Trinajstić information content (AvgIpc) is 2.89. The largest absolute Gasteiger partial charge is 0.381 e. The van der Waals surface area contributed by atoms with Crippen molar-refractivity contribution in [3.8, 4) is 0 Å². The summed E-state index contributed by atoms with van der Waals surface area (Å²) in [6.45, 7) is 5.71. The molecule has 4 heteroatoms. The van der Waals surface area contributed by atoms with E-state index in [1.54, 1.807) is 0 Å². The molecule has 0 N–H and O–H groups in total. The van der Waals surface area contributed by atoms with E-state index in [9.17, 15) is 0 Å². The normalized spacial score (nSPS) is 43.5. The van der Waals surface area contributed by atoms with Crippen LogP contribution in [-0.2, 0) is 9.47 Å². The molecule has 0 radical (unpaired) electrons. The molecule has 4 fully saturated rings. The van der Waals surface area contributed by atoms with Crippen LogP contribution in [0.5, 0.6) is 0 Å². The van der Waals surface area contributed by atoms with Gasteiger partial charge in [-0.3, -0.25) is 4.90 Å². The Labute approximate surface area is 147 Å². The first-order chi connectivity index (χ1) is 11.4. The maximum Gasteiger partial charge on any atom is 0.0756 e. The Morgan fingerprint density at radius 2 is 1.33 bits per heavy atom. The van der Waals surface area contributed by atoms with Crippen LogP contribution in [0, 0.1) is 0 Å². The number of hydrogen-bond acceptors (Lipinski definition) is 4. The molecule has 0 saturated carbocycles. The predicted octanol–water partition coefficient (Wildman–Crippen LogP) is 3.05. The Balaban J connectivity index is 1.34. The van der Waals surface area contributed by atoms with Gasteiger partial charge in [-0.1, -0.05) is 0 Å². The Morgan fingerprint density at radius 3 is 1.88 bits per heavy atom. The number of rotatable bonds is 5. The molecule has 0 aliphatic carbocycles. The van der Waals surface area contributed by atoms with Gasteiger partial charge < -0.3 is 14.4 Å². The third-order valence-electron chi connectivity index (χ3n) is 7.28. The minimum atomic E-state index is -0.0409. The molecular weight excluding hydrogens is 300 g/mol. The van der Waals surface area contributed by atoms with Gasteiger partial charge in [0.1, 0.15) is 0 Å². The Bertz CT molecular complexity index is 427. The van der Waals surface area contributed by atoms with Gasteiger partial charge in [-0.2, -0.15) is 0 Å². The molecule has 4 heterocycles. The summed E-state index contributed by atoms with van der Waals surface area (Å²) < 4.78 is 12.3. The molecule has 0 spiro atoms. The molecule has 4 aliphatic rings. The Morgan fingerprint density at radius 1 is 0.833 bits per heavy atom. The zero-order valence-corrected chi connectivity index (χ0v) is 16.0. The highest BCUT2D eigenvalue weighted by molar-refractivity contribution is 4.99. The van der Waals surface area contributed by atoms with Crippen LogP contribution < -0.4 is 0 Å². The topological polar surface area (TPSA) is 24.9 Å². The van der Waals surface area contributed by atoms with E-state index in [-0.39, 0.29) is 5.60 Å². The van der Waals surface area contributed by atoms with Crippen LogP contribution in [0.2, 0.25) is 0 Å². The lowest BCUT2D eigenvalue weighted by Crippen LogP contribution is -2.53. The van der Waals surface area contributed by atoms with Crippen molar-refractivity contribution >= 4 is 0 Å². The van der Waals surface area contributed by atoms with Crippen LogP contribution in [0.3, 0.4) is 0 Å². The van der Waals surface area contributed by atoms with E-state index >= 15 is 0 Å². The van der Waals surface area contributed by atoms with Crippen LogP contribution in [0.4, 0.5) is 0 Å². The number of hydrogen-bond donors (Lipinski definition) is 0. The lowest BCUT2D eigenvalue weighted by Gasteiger charge is -2.45. The second kappa shape index (κ2) is 6.53. The van der Waals surface area contributed by atoms with Crippen molar-refractivity contribution in [2.24, 2.45) is 0 Å². The summed E-state index contributed by atoms with van der Waals surface area (Å²) in [5.74, 6) is 0. The molecule has 4 rings (SSSR count). The monoisotopic (exact) mass is 336 g/mol. The fraction of sp³-hybridized carbons (Fsp3) is 1.00. The lowest BCUT2D eigenvalue weighted by molar-refractivity contribution is -0.124. The first-order valence-corrected chi connectivity index (χ1v) is 10.1. The third kappa shape index (κ3) is 3.27. The zero-order chi connectivity index (χ0) is 16.9. The maximum absolute atomic E-state index is 6.69. The van der Waals surface area contributed by atoms with Crippen LogP contribution in [-0.4, -0.2) is 72.5 Å². The van der Waals surface area contributed by atoms with Gasteiger partial charge in [0.05, 0.1) is 17.8 Å². The number of ether oxygens (including phenoxy) is 2. The van der Waals surface area contributed by atoms with Crippen LogP contribution in [0.25, 0.3) is 0 Å². The fourth-order valence-corrected chi connectivity index (χ4v) is 6.06. The summed E-state index contributed by atoms with van der Waals surface area (Å²) >= 11 is 0. The molecule has 2 unspecified atom stereocenters. The number of fused-ring (bicyclic) bond motifs is 4. The van der Waals surface area contributed by atoms with Gasteiger partial charge >= 0.3 is 0 Å². The van der Waals surface area contributed by atoms with Crippen molar-refractivity contribution in [1.82, 2.24) is 9.80 Å². The summed E-state index contributed by atoms with van der Waals surface area (Å²) in [6.07, 6.45) is 11.3. The van der Waals surface area contributed by atoms with E-state index in [2.05, 4.69) is 30.7 Å². The van der Waals surface area contributed by atoms with Crippen molar-refractivity contribution < 1.29 is 9.47 Å². The molecule has 24 heavy (non-hydrogen) atoms. The van der Waals surface area contributed by atoms with E-state index in [1.165, 1.54) is 51.4 Å². The maximum atomic E-state index is 6.69. The van der Waals surface area contributed by atoms with Gasteiger partial charge in [-0.25, -0.2) is 0 Å². The van der Waals surface area contributed by atoms with Gasteiger partial charge in [0.2, 0.25) is 0 Å². The Hall–Kier alpha value is -0.160. The quantitative estimate of drug-likeness (QED) is 0.770. The summed E-state index contributed by atoms with van der Waals surface area (Å²) in [5.41, 5.74) is -0.0409. The molecule has 0 aromatic heterocycles. The molecule has 4 saturated heterocycles. The van der Waals surface area contributed by atoms with E-state index in [1.807, 2.05) is 7.11 Å². The highest BCUT2D eigenvalue weighted by atomic mass is 16.5. The lowest BCUT2D eigenvalue weighted by atomic mass is 9.96. The molecule has 4 aliphatic heterocycles. The van der Waals surface area contributed by atoms with Crippen molar-refractivity contribution in [1.29, 1.82) is 0 Å². The van der Waals surface area contributed by atoms with Crippen molar-refractivity contribution in [2.45, 2.75) is 107 Å². The van der Waals surface area contributed by atoms with E-state index < -0.39 is 0 Å². The molecule has 0 aromatic carbocycles. The number of methoxy groups -OCH3 is 1. The molecule has 0 aromatic rings. The SMILES string of the molecule is COC1C[C@H]2CC[C@@H](C1)N2CC(C)(C)OC1C[C@H]2CC[C@@H](C1)N2C.